The Hall–Kier alpha value is -3.96. The van der Waals surface area contributed by atoms with Gasteiger partial charge in [-0.25, -0.2) is 0 Å². The molecule has 0 N–H and O–H groups in total. The van der Waals surface area contributed by atoms with E-state index in [2.05, 4.69) is 4.74 Å². The Balaban J connectivity index is 1.43. The molecule has 13 heteroatoms. The highest BCUT2D eigenvalue weighted by atomic mass is 35.5. The Kier molecular flexibility index (Phi) is 8.79. The molecule has 3 aromatic rings. The molecule has 0 spiro atoms. The fourth-order valence-corrected chi connectivity index (χ4v) is 5.15. The molecule has 2 amide bonds. The van der Waals surface area contributed by atoms with E-state index in [0.717, 1.165) is 30.1 Å². The normalized spacial score (nSPS) is 15.4. The average molecular weight is 621 g/mol. The van der Waals surface area contributed by atoms with E-state index >= 15 is 0 Å². The van der Waals surface area contributed by atoms with Crippen molar-refractivity contribution in [3.8, 4) is 11.5 Å². The number of imide groups is 1. The highest BCUT2D eigenvalue weighted by molar-refractivity contribution is 6.35. The second-order valence-corrected chi connectivity index (χ2v) is 10.7. The fraction of sp³-hybridized carbons (Fsp3) is 0.310. The molecule has 1 atom stereocenters. The Morgan fingerprint density at radius 3 is 2.48 bits per heavy atom. The van der Waals surface area contributed by atoms with Gasteiger partial charge in [0, 0.05) is 17.5 Å². The lowest BCUT2D eigenvalue weighted by atomic mass is 9.98. The van der Waals surface area contributed by atoms with Crippen molar-refractivity contribution in [3.63, 3.8) is 0 Å². The number of fused-ring (bicyclic) bond motifs is 1. The predicted octanol–water partition coefficient (Wildman–Crippen LogP) is 5.07. The molecule has 220 valence electrons. The standard InChI is InChI=1S/C29H24Cl2F2N2O7/c30-21-12-34(39)13-22(31)20(21)11-24(18-7-8-23(42-29(32)33)25(9-18)40-15-16-5-6-16)41-27(37)14-35-26(36)10-17-3-1-2-4-19(17)28(35)38/h1-4,7-9,12-13,16,24,29H,5-6,10-11,14-15H2/t24-/m0/s1. The van der Waals surface area contributed by atoms with Crippen molar-refractivity contribution >= 4 is 41.0 Å². The van der Waals surface area contributed by atoms with E-state index < -0.39 is 37.0 Å². The van der Waals surface area contributed by atoms with Gasteiger partial charge >= 0.3 is 12.6 Å². The number of hydrogen-bond acceptors (Lipinski definition) is 7. The zero-order valence-electron chi connectivity index (χ0n) is 21.9. The first kappa shape index (κ1) is 29.5. The molecular formula is C29H24Cl2F2N2O7. The molecular weight excluding hydrogens is 597 g/mol. The molecule has 1 aromatic heterocycles. The van der Waals surface area contributed by atoms with E-state index in [4.69, 9.17) is 32.7 Å². The van der Waals surface area contributed by atoms with Crippen LogP contribution in [-0.4, -0.2) is 42.4 Å². The summed E-state index contributed by atoms with van der Waals surface area (Å²) in [6, 6.07) is 10.7. The van der Waals surface area contributed by atoms with Gasteiger partial charge < -0.3 is 19.4 Å². The lowest BCUT2D eigenvalue weighted by molar-refractivity contribution is -0.605. The quantitative estimate of drug-likeness (QED) is 0.127. The van der Waals surface area contributed by atoms with E-state index in [-0.39, 0.29) is 46.6 Å². The molecule has 2 aromatic carbocycles. The maximum atomic E-state index is 13.2. The summed E-state index contributed by atoms with van der Waals surface area (Å²) in [4.78, 5) is 39.7. The van der Waals surface area contributed by atoms with Gasteiger partial charge in [0.05, 0.1) is 13.0 Å². The van der Waals surface area contributed by atoms with Gasteiger partial charge in [0.25, 0.3) is 5.91 Å². The van der Waals surface area contributed by atoms with Crippen molar-refractivity contribution in [3.05, 3.63) is 92.4 Å². The van der Waals surface area contributed by atoms with Crippen molar-refractivity contribution < 1.29 is 42.1 Å². The van der Waals surface area contributed by atoms with Crippen LogP contribution in [0.5, 0.6) is 11.5 Å². The lowest BCUT2D eigenvalue weighted by Crippen LogP contribution is -2.45. The van der Waals surface area contributed by atoms with Gasteiger partial charge in [0.1, 0.15) is 22.7 Å². The molecule has 2 heterocycles. The van der Waals surface area contributed by atoms with Crippen LogP contribution in [0.3, 0.4) is 0 Å². The number of halogens is 4. The summed E-state index contributed by atoms with van der Waals surface area (Å²) in [6.45, 7) is -3.48. The number of amides is 2. The first-order chi connectivity index (χ1) is 20.1. The number of hydrogen-bond donors (Lipinski definition) is 0. The molecule has 0 bridgehead atoms. The molecule has 1 aliphatic heterocycles. The van der Waals surface area contributed by atoms with Gasteiger partial charge in [-0.3, -0.25) is 19.3 Å². The molecule has 1 fully saturated rings. The van der Waals surface area contributed by atoms with Gasteiger partial charge in [0.15, 0.2) is 23.9 Å². The summed E-state index contributed by atoms with van der Waals surface area (Å²) < 4.78 is 42.7. The minimum atomic E-state index is -3.10. The number of carbonyl (C=O) groups is 3. The van der Waals surface area contributed by atoms with E-state index in [1.165, 1.54) is 18.2 Å². The fourth-order valence-electron chi connectivity index (χ4n) is 4.55. The van der Waals surface area contributed by atoms with Crippen LogP contribution in [-0.2, 0) is 27.2 Å². The second kappa shape index (κ2) is 12.5. The molecule has 2 aliphatic rings. The third-order valence-corrected chi connectivity index (χ3v) is 7.52. The molecule has 9 nitrogen and oxygen atoms in total. The SMILES string of the molecule is O=C(CN1C(=O)Cc2ccccc2C1=O)O[C@@H](Cc1c(Cl)c[n+]([O-])cc1Cl)c1ccc(OC(F)F)c(OCC2CC2)c1. The number of nitrogens with zero attached hydrogens (tertiary/aromatic N) is 2. The Morgan fingerprint density at radius 1 is 1.07 bits per heavy atom. The zero-order valence-corrected chi connectivity index (χ0v) is 23.4. The van der Waals surface area contributed by atoms with Crippen LogP contribution in [0.1, 0.15) is 46.0 Å². The summed E-state index contributed by atoms with van der Waals surface area (Å²) in [5, 5.41) is 11.8. The van der Waals surface area contributed by atoms with E-state index in [0.29, 0.717) is 27.3 Å². The largest absolute Gasteiger partial charge is 0.619 e. The van der Waals surface area contributed by atoms with Crippen molar-refractivity contribution in [2.75, 3.05) is 13.2 Å². The second-order valence-electron chi connectivity index (χ2n) is 9.93. The van der Waals surface area contributed by atoms with Crippen LogP contribution in [0.15, 0.2) is 54.9 Å². The van der Waals surface area contributed by atoms with Crippen molar-refractivity contribution in [1.29, 1.82) is 0 Å². The number of carbonyl (C=O) groups excluding carboxylic acids is 3. The van der Waals surface area contributed by atoms with E-state index in [9.17, 15) is 28.4 Å². The summed E-state index contributed by atoms with van der Waals surface area (Å²) in [6.07, 6.45) is 2.73. The van der Waals surface area contributed by atoms with Gasteiger partial charge in [-0.1, -0.05) is 47.5 Å². The van der Waals surface area contributed by atoms with E-state index in [1.807, 2.05) is 0 Å². The summed E-state index contributed by atoms with van der Waals surface area (Å²) in [5.41, 5.74) is 1.45. The summed E-state index contributed by atoms with van der Waals surface area (Å²) in [7, 11) is 0. The zero-order chi connectivity index (χ0) is 30.0. The van der Waals surface area contributed by atoms with Crippen LogP contribution < -0.4 is 14.2 Å². The monoisotopic (exact) mass is 620 g/mol. The van der Waals surface area contributed by atoms with Crippen LogP contribution >= 0.6 is 23.2 Å². The number of aromatic nitrogens is 1. The highest BCUT2D eigenvalue weighted by Crippen LogP contribution is 2.38. The first-order valence-electron chi connectivity index (χ1n) is 13.0. The first-order valence-corrected chi connectivity index (χ1v) is 13.7. The molecule has 1 saturated carbocycles. The molecule has 1 aliphatic carbocycles. The maximum Gasteiger partial charge on any atom is 0.387 e. The van der Waals surface area contributed by atoms with Crippen molar-refractivity contribution in [1.82, 2.24) is 4.90 Å². The number of alkyl halides is 2. The number of esters is 1. The third kappa shape index (κ3) is 6.91. The average Bonchev–Trinajstić information content (AvgIpc) is 3.76. The molecule has 42 heavy (non-hydrogen) atoms. The number of benzene rings is 2. The Morgan fingerprint density at radius 2 is 1.79 bits per heavy atom. The third-order valence-electron chi connectivity index (χ3n) is 6.87. The van der Waals surface area contributed by atoms with Crippen molar-refractivity contribution in [2.45, 2.75) is 38.4 Å². The van der Waals surface area contributed by atoms with E-state index in [1.54, 1.807) is 24.3 Å². The van der Waals surface area contributed by atoms with Crippen LogP contribution in [0, 0.1) is 11.1 Å². The lowest BCUT2D eigenvalue weighted by Gasteiger charge is -2.27. The smallest absolute Gasteiger partial charge is 0.387 e. The van der Waals surface area contributed by atoms with Crippen LogP contribution in [0.4, 0.5) is 8.78 Å². The van der Waals surface area contributed by atoms with Crippen molar-refractivity contribution in [2.24, 2.45) is 5.92 Å². The summed E-state index contributed by atoms with van der Waals surface area (Å²) >= 11 is 12.6. The summed E-state index contributed by atoms with van der Waals surface area (Å²) in [5.74, 6) is -2.00. The van der Waals surface area contributed by atoms with Gasteiger partial charge in [-0.05, 0) is 48.1 Å². The minimum Gasteiger partial charge on any atom is -0.619 e. The Labute approximate surface area is 249 Å². The molecule has 0 radical (unpaired) electrons. The number of ether oxygens (including phenoxy) is 3. The molecule has 0 saturated heterocycles. The highest BCUT2D eigenvalue weighted by Gasteiger charge is 2.34. The number of rotatable bonds is 11. The molecule has 0 unspecified atom stereocenters. The van der Waals surface area contributed by atoms with Gasteiger partial charge in [-0.2, -0.15) is 13.5 Å². The molecule has 5 rings (SSSR count). The van der Waals surface area contributed by atoms with Gasteiger partial charge in [-0.15, -0.1) is 0 Å². The van der Waals surface area contributed by atoms with Gasteiger partial charge in [0.2, 0.25) is 5.91 Å². The topological polar surface area (TPSA) is 109 Å². The van der Waals surface area contributed by atoms with Crippen LogP contribution in [0.25, 0.3) is 0 Å². The Bertz CT molecular complexity index is 1510. The van der Waals surface area contributed by atoms with Crippen LogP contribution in [0.2, 0.25) is 10.0 Å². The minimum absolute atomic E-state index is 0.000553. The number of pyridine rings is 1. The predicted molar refractivity (Wildman–Crippen MR) is 145 cm³/mol. The maximum absolute atomic E-state index is 13.2.